The highest BCUT2D eigenvalue weighted by Gasteiger charge is 2.22. The maximum atomic E-state index is 12.3. The van der Waals surface area contributed by atoms with E-state index in [0.29, 0.717) is 18.7 Å². The van der Waals surface area contributed by atoms with Crippen LogP contribution in [0, 0.1) is 0 Å². The van der Waals surface area contributed by atoms with E-state index < -0.39 is 0 Å². The molecule has 6 heteroatoms. The van der Waals surface area contributed by atoms with Crippen molar-refractivity contribution in [3.8, 4) is 0 Å². The second-order valence-corrected chi connectivity index (χ2v) is 5.80. The summed E-state index contributed by atoms with van der Waals surface area (Å²) in [6.45, 7) is 3.04. The lowest BCUT2D eigenvalue weighted by Gasteiger charge is -2.36. The molecule has 2 aromatic rings. The maximum absolute atomic E-state index is 12.3. The van der Waals surface area contributed by atoms with Crippen molar-refractivity contribution in [2.75, 3.05) is 31.1 Å². The molecule has 0 aliphatic carbocycles. The van der Waals surface area contributed by atoms with Crippen LogP contribution >= 0.6 is 15.9 Å². The molecular weight excluding hydrogens is 332 g/mol. The van der Waals surface area contributed by atoms with Gasteiger partial charge >= 0.3 is 0 Å². The number of aromatic nitrogens is 2. The predicted octanol–water partition coefficient (Wildman–Crippen LogP) is 2.20. The number of carbonyl (C=O) groups is 1. The molecule has 1 aliphatic rings. The zero-order valence-electron chi connectivity index (χ0n) is 11.4. The molecule has 108 valence electrons. The smallest absolute Gasteiger partial charge is 0.255 e. The van der Waals surface area contributed by atoms with E-state index in [-0.39, 0.29) is 5.91 Å². The number of hydrogen-bond donors (Lipinski definition) is 0. The summed E-state index contributed by atoms with van der Waals surface area (Å²) in [5.74, 6) is 0.0510. The van der Waals surface area contributed by atoms with Crippen molar-refractivity contribution < 1.29 is 4.79 Å². The summed E-state index contributed by atoms with van der Waals surface area (Å²) in [6, 6.07) is 5.64. The molecule has 1 fully saturated rings. The zero-order valence-corrected chi connectivity index (χ0v) is 13.0. The number of nitrogens with zero attached hydrogens (tertiary/aromatic N) is 4. The van der Waals surface area contributed by atoms with Crippen molar-refractivity contribution >= 4 is 27.5 Å². The lowest BCUT2D eigenvalue weighted by atomic mass is 10.2. The molecule has 0 aromatic carbocycles. The first-order chi connectivity index (χ1) is 10.2. The summed E-state index contributed by atoms with van der Waals surface area (Å²) in [6.07, 6.45) is 6.91. The van der Waals surface area contributed by atoms with Gasteiger partial charge in [-0.2, -0.15) is 0 Å². The van der Waals surface area contributed by atoms with Crippen LogP contribution in [0.25, 0.3) is 0 Å². The minimum atomic E-state index is 0.0510. The van der Waals surface area contributed by atoms with E-state index in [2.05, 4.69) is 30.8 Å². The number of hydrogen-bond acceptors (Lipinski definition) is 4. The van der Waals surface area contributed by atoms with Gasteiger partial charge in [0.1, 0.15) is 0 Å². The van der Waals surface area contributed by atoms with Gasteiger partial charge in [0.15, 0.2) is 0 Å². The highest BCUT2D eigenvalue weighted by atomic mass is 79.9. The molecule has 0 N–H and O–H groups in total. The average molecular weight is 347 g/mol. The number of rotatable bonds is 2. The molecule has 1 saturated heterocycles. The quantitative estimate of drug-likeness (QED) is 0.836. The minimum absolute atomic E-state index is 0.0510. The second kappa shape index (κ2) is 6.22. The molecule has 0 spiro atoms. The van der Waals surface area contributed by atoms with Crippen molar-refractivity contribution in [3.05, 3.63) is 53.0 Å². The largest absolute Gasteiger partial charge is 0.367 e. The van der Waals surface area contributed by atoms with Crippen molar-refractivity contribution in [1.82, 2.24) is 14.9 Å². The maximum Gasteiger partial charge on any atom is 0.255 e. The van der Waals surface area contributed by atoms with Gasteiger partial charge in [-0.3, -0.25) is 14.8 Å². The standard InChI is InChI=1S/C15H15BrN4O/c16-13-8-14(11-18-10-13)19-4-6-20(7-5-19)15(21)12-2-1-3-17-9-12/h1-3,8-11H,4-7H2. The molecule has 0 unspecified atom stereocenters. The first-order valence-electron chi connectivity index (χ1n) is 6.79. The van der Waals surface area contributed by atoms with Crippen LogP contribution < -0.4 is 4.90 Å². The summed E-state index contributed by atoms with van der Waals surface area (Å²) >= 11 is 3.43. The molecule has 0 bridgehead atoms. The SMILES string of the molecule is O=C(c1cccnc1)N1CCN(c2cncc(Br)c2)CC1. The number of anilines is 1. The van der Waals surface area contributed by atoms with E-state index in [1.807, 2.05) is 17.2 Å². The summed E-state index contributed by atoms with van der Waals surface area (Å²) in [7, 11) is 0. The Balaban J connectivity index is 1.64. The summed E-state index contributed by atoms with van der Waals surface area (Å²) in [5.41, 5.74) is 1.73. The molecule has 5 nitrogen and oxygen atoms in total. The van der Waals surface area contributed by atoms with Gasteiger partial charge in [0.05, 0.1) is 17.4 Å². The van der Waals surface area contributed by atoms with Gasteiger partial charge in [-0.1, -0.05) is 0 Å². The van der Waals surface area contributed by atoms with Crippen molar-refractivity contribution in [2.45, 2.75) is 0 Å². The lowest BCUT2D eigenvalue weighted by Crippen LogP contribution is -2.48. The Morgan fingerprint density at radius 3 is 2.57 bits per heavy atom. The van der Waals surface area contributed by atoms with Crippen LogP contribution in [0.5, 0.6) is 0 Å². The van der Waals surface area contributed by atoms with Crippen LogP contribution in [0.4, 0.5) is 5.69 Å². The van der Waals surface area contributed by atoms with Crippen molar-refractivity contribution in [3.63, 3.8) is 0 Å². The molecule has 1 amide bonds. The Labute approximate surface area is 131 Å². The summed E-state index contributed by atoms with van der Waals surface area (Å²) < 4.78 is 0.967. The first-order valence-corrected chi connectivity index (χ1v) is 7.58. The van der Waals surface area contributed by atoms with E-state index in [1.54, 1.807) is 30.7 Å². The minimum Gasteiger partial charge on any atom is -0.367 e. The molecular formula is C15H15BrN4O. The van der Waals surface area contributed by atoms with Gasteiger partial charge in [-0.05, 0) is 34.1 Å². The monoisotopic (exact) mass is 346 g/mol. The highest BCUT2D eigenvalue weighted by molar-refractivity contribution is 9.10. The van der Waals surface area contributed by atoms with E-state index in [1.165, 1.54) is 0 Å². The number of amides is 1. The van der Waals surface area contributed by atoms with Crippen LogP contribution in [0.2, 0.25) is 0 Å². The summed E-state index contributed by atoms with van der Waals surface area (Å²) in [4.78, 5) is 24.6. The molecule has 3 heterocycles. The van der Waals surface area contributed by atoms with E-state index in [0.717, 1.165) is 23.2 Å². The molecule has 3 rings (SSSR count). The Bertz CT molecular complexity index is 627. The number of pyridine rings is 2. The predicted molar refractivity (Wildman–Crippen MR) is 84.3 cm³/mol. The van der Waals surface area contributed by atoms with Crippen molar-refractivity contribution in [2.24, 2.45) is 0 Å². The Kier molecular flexibility index (Phi) is 4.15. The van der Waals surface area contributed by atoms with Crippen LogP contribution in [0.15, 0.2) is 47.5 Å². The van der Waals surface area contributed by atoms with E-state index in [4.69, 9.17) is 0 Å². The van der Waals surface area contributed by atoms with Crippen LogP contribution in [-0.2, 0) is 0 Å². The van der Waals surface area contributed by atoms with Crippen molar-refractivity contribution in [1.29, 1.82) is 0 Å². The zero-order chi connectivity index (χ0) is 14.7. The Hall–Kier alpha value is -1.95. The van der Waals surface area contributed by atoms with Crippen LogP contribution in [0.3, 0.4) is 0 Å². The normalized spacial score (nSPS) is 15.1. The third kappa shape index (κ3) is 3.21. The average Bonchev–Trinajstić information content (AvgIpc) is 2.55. The van der Waals surface area contributed by atoms with E-state index >= 15 is 0 Å². The van der Waals surface area contributed by atoms with Gasteiger partial charge in [0, 0.05) is 49.2 Å². The first kappa shape index (κ1) is 14.0. The third-order valence-corrected chi connectivity index (χ3v) is 3.96. The molecule has 2 aromatic heterocycles. The van der Waals surface area contributed by atoms with Crippen LogP contribution in [-0.4, -0.2) is 47.0 Å². The number of piperazine rings is 1. The highest BCUT2D eigenvalue weighted by Crippen LogP contribution is 2.20. The number of halogens is 1. The fourth-order valence-electron chi connectivity index (χ4n) is 2.41. The Morgan fingerprint density at radius 1 is 1.10 bits per heavy atom. The molecule has 0 saturated carbocycles. The fraction of sp³-hybridized carbons (Fsp3) is 0.267. The molecule has 0 radical (unpaired) electrons. The topological polar surface area (TPSA) is 49.3 Å². The van der Waals surface area contributed by atoms with E-state index in [9.17, 15) is 4.79 Å². The summed E-state index contributed by atoms with van der Waals surface area (Å²) in [5, 5.41) is 0. The van der Waals surface area contributed by atoms with Crippen LogP contribution in [0.1, 0.15) is 10.4 Å². The molecule has 1 aliphatic heterocycles. The third-order valence-electron chi connectivity index (χ3n) is 3.53. The fourth-order valence-corrected chi connectivity index (χ4v) is 2.77. The van der Waals surface area contributed by atoms with Gasteiger partial charge in [-0.15, -0.1) is 0 Å². The van der Waals surface area contributed by atoms with Gasteiger partial charge in [-0.25, -0.2) is 0 Å². The molecule has 21 heavy (non-hydrogen) atoms. The Morgan fingerprint density at radius 2 is 1.90 bits per heavy atom. The second-order valence-electron chi connectivity index (χ2n) is 4.88. The number of carbonyl (C=O) groups excluding carboxylic acids is 1. The van der Waals surface area contributed by atoms with Gasteiger partial charge < -0.3 is 9.80 Å². The van der Waals surface area contributed by atoms with Gasteiger partial charge in [0.2, 0.25) is 0 Å². The van der Waals surface area contributed by atoms with Gasteiger partial charge in [0.25, 0.3) is 5.91 Å². The lowest BCUT2D eigenvalue weighted by molar-refractivity contribution is 0.0746. The molecule has 0 atom stereocenters.